The van der Waals surface area contributed by atoms with Crippen molar-refractivity contribution in [1.29, 1.82) is 0 Å². The zero-order valence-corrected chi connectivity index (χ0v) is 15.9. The number of ether oxygens (including phenoxy) is 2. The van der Waals surface area contributed by atoms with Gasteiger partial charge in [-0.15, -0.1) is 0 Å². The van der Waals surface area contributed by atoms with Crippen molar-refractivity contribution in [3.05, 3.63) is 51.7 Å². The average molecular weight is 386 g/mol. The monoisotopic (exact) mass is 385 g/mol. The fourth-order valence-corrected chi connectivity index (χ4v) is 2.14. The molecule has 0 aliphatic carbocycles. The van der Waals surface area contributed by atoms with Gasteiger partial charge >= 0.3 is 11.9 Å². The maximum atomic E-state index is 12.1. The Hall–Kier alpha value is -1.98. The molecule has 7 heteroatoms. The zero-order valence-electron chi connectivity index (χ0n) is 14.4. The van der Waals surface area contributed by atoms with Gasteiger partial charge < -0.3 is 14.8 Å². The van der Waals surface area contributed by atoms with Crippen molar-refractivity contribution in [3.63, 3.8) is 0 Å². The minimum absolute atomic E-state index is 0.0772. The number of esters is 2. The Labute approximate surface area is 157 Å². The molecule has 0 saturated carbocycles. The van der Waals surface area contributed by atoms with E-state index in [1.165, 1.54) is 6.08 Å². The molecule has 0 atom stereocenters. The molecule has 1 aromatic carbocycles. The Morgan fingerprint density at radius 1 is 1.08 bits per heavy atom. The molecule has 0 aliphatic heterocycles. The molecule has 136 valence electrons. The second kappa shape index (κ2) is 10.8. The van der Waals surface area contributed by atoms with Crippen LogP contribution in [0.25, 0.3) is 0 Å². The summed E-state index contributed by atoms with van der Waals surface area (Å²) >= 11 is 11.3. The first-order valence-corrected chi connectivity index (χ1v) is 8.56. The molecule has 0 aliphatic rings. The van der Waals surface area contributed by atoms with E-state index in [0.29, 0.717) is 29.1 Å². The number of halogens is 2. The Balaban J connectivity index is 2.97. The molecule has 0 saturated heterocycles. The number of benzene rings is 1. The highest BCUT2D eigenvalue weighted by molar-refractivity contribution is 6.55. The van der Waals surface area contributed by atoms with Crippen LogP contribution in [0.2, 0.25) is 0 Å². The van der Waals surface area contributed by atoms with Crippen LogP contribution in [0.5, 0.6) is 0 Å². The number of hydrogen-bond acceptors (Lipinski definition) is 5. The smallest absolute Gasteiger partial charge is 0.338 e. The van der Waals surface area contributed by atoms with Crippen molar-refractivity contribution in [2.75, 3.05) is 18.5 Å². The van der Waals surface area contributed by atoms with Crippen LogP contribution >= 0.6 is 23.2 Å². The van der Waals surface area contributed by atoms with Gasteiger partial charge in [-0.2, -0.15) is 0 Å². The summed E-state index contributed by atoms with van der Waals surface area (Å²) in [6.07, 6.45) is 1.76. The summed E-state index contributed by atoms with van der Waals surface area (Å²) in [6, 6.07) is 6.74. The van der Waals surface area contributed by atoms with E-state index in [-0.39, 0.29) is 23.5 Å². The summed E-state index contributed by atoms with van der Waals surface area (Å²) in [5, 5.41) is 3.11. The largest absolute Gasteiger partial charge is 0.463 e. The number of rotatable bonds is 8. The molecule has 0 heterocycles. The predicted molar refractivity (Wildman–Crippen MR) is 99.8 cm³/mol. The summed E-state index contributed by atoms with van der Waals surface area (Å²) in [6.45, 7) is 5.82. The third-order valence-electron chi connectivity index (χ3n) is 3.16. The van der Waals surface area contributed by atoms with Gasteiger partial charge in [-0.05, 0) is 51.1 Å². The van der Waals surface area contributed by atoms with E-state index >= 15 is 0 Å². The molecule has 1 N–H and O–H groups in total. The molecule has 0 amide bonds. The molecule has 1 rings (SSSR count). The van der Waals surface area contributed by atoms with Crippen LogP contribution in [0.1, 0.15) is 37.6 Å². The molecular weight excluding hydrogens is 365 g/mol. The fourth-order valence-electron chi connectivity index (χ4n) is 1.98. The molecule has 1 aromatic rings. The third kappa shape index (κ3) is 7.20. The minimum atomic E-state index is -0.443. The van der Waals surface area contributed by atoms with Gasteiger partial charge in [0.1, 0.15) is 4.49 Å². The van der Waals surface area contributed by atoms with Crippen LogP contribution in [0, 0.1) is 0 Å². The lowest BCUT2D eigenvalue weighted by atomic mass is 10.1. The van der Waals surface area contributed by atoms with Gasteiger partial charge in [0.25, 0.3) is 0 Å². The molecule has 0 bridgehead atoms. The van der Waals surface area contributed by atoms with Crippen LogP contribution in [0.15, 0.2) is 46.1 Å². The lowest BCUT2D eigenvalue weighted by Crippen LogP contribution is -2.12. The van der Waals surface area contributed by atoms with Crippen LogP contribution < -0.4 is 5.32 Å². The third-order valence-corrected chi connectivity index (χ3v) is 3.47. The van der Waals surface area contributed by atoms with Crippen molar-refractivity contribution in [1.82, 2.24) is 0 Å². The number of anilines is 1. The van der Waals surface area contributed by atoms with Crippen molar-refractivity contribution in [2.45, 2.75) is 27.2 Å². The van der Waals surface area contributed by atoms with Crippen molar-refractivity contribution >= 4 is 40.8 Å². The van der Waals surface area contributed by atoms with Crippen LogP contribution in [0.4, 0.5) is 5.69 Å². The van der Waals surface area contributed by atoms with E-state index in [2.05, 4.69) is 5.32 Å². The highest BCUT2D eigenvalue weighted by Crippen LogP contribution is 2.19. The number of allylic oxidation sites excluding steroid dienone is 2. The fraction of sp³-hybridized carbons (Fsp3) is 0.333. The summed E-state index contributed by atoms with van der Waals surface area (Å²) < 4.78 is 10.1. The molecule has 0 fully saturated rings. The minimum Gasteiger partial charge on any atom is -0.463 e. The first kappa shape index (κ1) is 21.1. The summed E-state index contributed by atoms with van der Waals surface area (Å²) in [5.74, 6) is -0.822. The van der Waals surface area contributed by atoms with Crippen molar-refractivity contribution < 1.29 is 19.1 Å². The first-order valence-electron chi connectivity index (χ1n) is 7.81. The molecular formula is C18H21Cl2NO4. The second-order valence-electron chi connectivity index (χ2n) is 4.94. The molecule has 0 radical (unpaired) electrons. The SMILES string of the molecule is CCOC(=O)C(CC=C(Cl)Cl)=C(C)Nc1ccc(C(=O)OCC)cc1. The van der Waals surface area contributed by atoms with E-state index in [9.17, 15) is 9.59 Å². The van der Waals surface area contributed by atoms with Gasteiger partial charge in [0.05, 0.1) is 24.4 Å². The average Bonchev–Trinajstić information content (AvgIpc) is 2.55. The van der Waals surface area contributed by atoms with E-state index < -0.39 is 5.97 Å². The summed E-state index contributed by atoms with van der Waals surface area (Å²) in [7, 11) is 0. The molecule has 25 heavy (non-hydrogen) atoms. The maximum Gasteiger partial charge on any atom is 0.338 e. The van der Waals surface area contributed by atoms with Gasteiger partial charge in [0, 0.05) is 17.8 Å². The number of nitrogens with one attached hydrogen (secondary N) is 1. The quantitative estimate of drug-likeness (QED) is 0.513. The Kier molecular flexibility index (Phi) is 9.10. The van der Waals surface area contributed by atoms with Gasteiger partial charge in [0.15, 0.2) is 0 Å². The molecule has 0 spiro atoms. The number of carbonyl (C=O) groups excluding carboxylic acids is 2. The van der Waals surface area contributed by atoms with Crippen LogP contribution in [-0.2, 0) is 14.3 Å². The van der Waals surface area contributed by atoms with E-state index in [0.717, 1.165) is 0 Å². The van der Waals surface area contributed by atoms with Crippen LogP contribution in [-0.4, -0.2) is 25.2 Å². The molecule has 0 aromatic heterocycles. The van der Waals surface area contributed by atoms with Crippen molar-refractivity contribution in [2.24, 2.45) is 0 Å². The normalized spacial score (nSPS) is 11.2. The topological polar surface area (TPSA) is 64.6 Å². The zero-order chi connectivity index (χ0) is 18.8. The lowest BCUT2D eigenvalue weighted by molar-refractivity contribution is -0.138. The Bertz CT molecular complexity index is 662. The van der Waals surface area contributed by atoms with Gasteiger partial charge in [-0.3, -0.25) is 0 Å². The van der Waals surface area contributed by atoms with Crippen LogP contribution in [0.3, 0.4) is 0 Å². The molecule has 0 unspecified atom stereocenters. The highest BCUT2D eigenvalue weighted by atomic mass is 35.5. The molecule has 5 nitrogen and oxygen atoms in total. The standard InChI is InChI=1S/C18H21Cl2NO4/c1-4-24-17(22)13-6-8-14(9-7-13)21-12(3)15(10-11-16(19)20)18(23)25-5-2/h6-9,11,21H,4-5,10H2,1-3H3. The highest BCUT2D eigenvalue weighted by Gasteiger charge is 2.14. The van der Waals surface area contributed by atoms with Gasteiger partial charge in [0.2, 0.25) is 0 Å². The van der Waals surface area contributed by atoms with Gasteiger partial charge in [-0.25, -0.2) is 9.59 Å². The number of carbonyl (C=O) groups is 2. The number of hydrogen-bond donors (Lipinski definition) is 1. The van der Waals surface area contributed by atoms with E-state index in [4.69, 9.17) is 32.7 Å². The lowest BCUT2D eigenvalue weighted by Gasteiger charge is -2.13. The first-order chi connectivity index (χ1) is 11.9. The Morgan fingerprint density at radius 2 is 1.68 bits per heavy atom. The van der Waals surface area contributed by atoms with E-state index in [1.54, 1.807) is 45.0 Å². The predicted octanol–water partition coefficient (Wildman–Crippen LogP) is 4.82. The van der Waals surface area contributed by atoms with Gasteiger partial charge in [-0.1, -0.05) is 23.2 Å². The second-order valence-corrected chi connectivity index (χ2v) is 5.95. The summed E-state index contributed by atoms with van der Waals surface area (Å²) in [5.41, 5.74) is 2.19. The van der Waals surface area contributed by atoms with Crippen molar-refractivity contribution in [3.8, 4) is 0 Å². The Morgan fingerprint density at radius 3 is 2.20 bits per heavy atom. The summed E-state index contributed by atoms with van der Waals surface area (Å²) in [4.78, 5) is 23.8. The maximum absolute atomic E-state index is 12.1. The van der Waals surface area contributed by atoms with E-state index in [1.807, 2.05) is 0 Å².